The minimum absolute atomic E-state index is 0.402. The van der Waals surface area contributed by atoms with E-state index in [4.69, 9.17) is 0 Å². The van der Waals surface area contributed by atoms with Gasteiger partial charge in [-0.25, -0.2) is 0 Å². The molecule has 21 heavy (non-hydrogen) atoms. The zero-order valence-electron chi connectivity index (χ0n) is 12.5. The molecule has 1 aliphatic rings. The predicted molar refractivity (Wildman–Crippen MR) is 87.4 cm³/mol. The van der Waals surface area contributed by atoms with E-state index in [0.717, 1.165) is 28.6 Å². The van der Waals surface area contributed by atoms with Gasteiger partial charge in [0, 0.05) is 29.0 Å². The van der Waals surface area contributed by atoms with Crippen molar-refractivity contribution < 1.29 is 0 Å². The van der Waals surface area contributed by atoms with E-state index < -0.39 is 0 Å². The normalized spacial score (nSPS) is 16.8. The number of anilines is 1. The first-order chi connectivity index (χ1) is 10.3. The summed E-state index contributed by atoms with van der Waals surface area (Å²) >= 11 is 0. The van der Waals surface area contributed by atoms with E-state index in [1.54, 1.807) is 0 Å². The van der Waals surface area contributed by atoms with Crippen LogP contribution >= 0.6 is 0 Å². The standard InChI is InChI=1S/C18H21N3/c1-14(13-21-10-4-5-11-21)20-18-9-8-15(12-19)16-6-2-3-7-17(16)18/h2-3,6-9,14,20H,4-5,10-11,13H2,1H3. The molecule has 1 atom stereocenters. The minimum Gasteiger partial charge on any atom is -0.381 e. The van der Waals surface area contributed by atoms with Crippen molar-refractivity contribution in [1.82, 2.24) is 4.90 Å². The number of fused-ring (bicyclic) bond motifs is 1. The van der Waals surface area contributed by atoms with Gasteiger partial charge in [0.25, 0.3) is 0 Å². The second-order valence-corrected chi connectivity index (χ2v) is 5.87. The largest absolute Gasteiger partial charge is 0.381 e. The molecule has 3 nitrogen and oxygen atoms in total. The summed E-state index contributed by atoms with van der Waals surface area (Å²) in [6, 6.07) is 14.7. The molecule has 0 amide bonds. The number of nitrogens with one attached hydrogen (secondary N) is 1. The number of rotatable bonds is 4. The quantitative estimate of drug-likeness (QED) is 0.929. The van der Waals surface area contributed by atoms with Crippen LogP contribution in [0.1, 0.15) is 25.3 Å². The van der Waals surface area contributed by atoms with E-state index in [1.165, 1.54) is 25.9 Å². The molecule has 1 aliphatic heterocycles. The van der Waals surface area contributed by atoms with E-state index in [-0.39, 0.29) is 0 Å². The summed E-state index contributed by atoms with van der Waals surface area (Å²) < 4.78 is 0. The van der Waals surface area contributed by atoms with Gasteiger partial charge in [0.05, 0.1) is 11.6 Å². The molecule has 3 rings (SSSR count). The molecule has 0 aliphatic carbocycles. The van der Waals surface area contributed by atoms with Gasteiger partial charge >= 0.3 is 0 Å². The maximum atomic E-state index is 9.22. The molecule has 0 radical (unpaired) electrons. The van der Waals surface area contributed by atoms with Crippen molar-refractivity contribution in [2.24, 2.45) is 0 Å². The number of hydrogen-bond acceptors (Lipinski definition) is 3. The molecule has 1 N–H and O–H groups in total. The Balaban J connectivity index is 1.82. The Bertz CT molecular complexity index is 666. The van der Waals surface area contributed by atoms with Crippen LogP contribution in [0.25, 0.3) is 10.8 Å². The van der Waals surface area contributed by atoms with Crippen LogP contribution in [0.4, 0.5) is 5.69 Å². The van der Waals surface area contributed by atoms with Gasteiger partial charge in [-0.1, -0.05) is 24.3 Å². The van der Waals surface area contributed by atoms with Crippen LogP contribution in [0.5, 0.6) is 0 Å². The molecular weight excluding hydrogens is 258 g/mol. The summed E-state index contributed by atoms with van der Waals surface area (Å²) in [5.74, 6) is 0. The van der Waals surface area contributed by atoms with Crippen molar-refractivity contribution in [2.45, 2.75) is 25.8 Å². The van der Waals surface area contributed by atoms with Gasteiger partial charge in [-0.3, -0.25) is 0 Å². The molecule has 108 valence electrons. The Morgan fingerprint density at radius 2 is 1.86 bits per heavy atom. The molecule has 0 aromatic heterocycles. The lowest BCUT2D eigenvalue weighted by Gasteiger charge is -2.23. The van der Waals surface area contributed by atoms with Crippen LogP contribution in [-0.4, -0.2) is 30.6 Å². The summed E-state index contributed by atoms with van der Waals surface area (Å²) in [6.07, 6.45) is 2.65. The van der Waals surface area contributed by atoms with E-state index in [9.17, 15) is 5.26 Å². The molecule has 0 saturated carbocycles. The van der Waals surface area contributed by atoms with E-state index in [0.29, 0.717) is 6.04 Å². The molecule has 2 aromatic rings. The van der Waals surface area contributed by atoms with Crippen molar-refractivity contribution in [3.63, 3.8) is 0 Å². The second kappa shape index (κ2) is 6.15. The molecule has 2 aromatic carbocycles. The average Bonchev–Trinajstić information content (AvgIpc) is 3.00. The molecule has 1 saturated heterocycles. The van der Waals surface area contributed by atoms with Gasteiger partial charge in [-0.05, 0) is 45.0 Å². The zero-order chi connectivity index (χ0) is 14.7. The third-order valence-electron chi connectivity index (χ3n) is 4.18. The molecule has 1 fully saturated rings. The number of benzene rings is 2. The van der Waals surface area contributed by atoms with Gasteiger partial charge in [0.1, 0.15) is 0 Å². The van der Waals surface area contributed by atoms with Gasteiger partial charge in [-0.2, -0.15) is 5.26 Å². The highest BCUT2D eigenvalue weighted by atomic mass is 15.2. The number of nitriles is 1. The van der Waals surface area contributed by atoms with Crippen LogP contribution < -0.4 is 5.32 Å². The van der Waals surface area contributed by atoms with Gasteiger partial charge in [0.15, 0.2) is 0 Å². The highest BCUT2D eigenvalue weighted by Gasteiger charge is 2.15. The van der Waals surface area contributed by atoms with Crippen molar-refractivity contribution in [2.75, 3.05) is 25.0 Å². The van der Waals surface area contributed by atoms with Crippen molar-refractivity contribution in [3.05, 3.63) is 42.0 Å². The smallest absolute Gasteiger partial charge is 0.0998 e. The summed E-state index contributed by atoms with van der Waals surface area (Å²) in [5, 5.41) is 15.0. The van der Waals surface area contributed by atoms with Crippen LogP contribution in [0.2, 0.25) is 0 Å². The van der Waals surface area contributed by atoms with Crippen molar-refractivity contribution in [1.29, 1.82) is 5.26 Å². The Morgan fingerprint density at radius 3 is 2.57 bits per heavy atom. The first kappa shape index (κ1) is 13.9. The highest BCUT2D eigenvalue weighted by Crippen LogP contribution is 2.27. The SMILES string of the molecule is CC(CN1CCCC1)Nc1ccc(C#N)c2ccccc12. The molecule has 0 spiro atoms. The third-order valence-corrected chi connectivity index (χ3v) is 4.18. The fourth-order valence-electron chi connectivity index (χ4n) is 3.19. The average molecular weight is 279 g/mol. The van der Waals surface area contributed by atoms with Gasteiger partial charge < -0.3 is 10.2 Å². The fourth-order valence-corrected chi connectivity index (χ4v) is 3.19. The molecular formula is C18H21N3. The van der Waals surface area contributed by atoms with Crippen LogP contribution in [0.3, 0.4) is 0 Å². The Hall–Kier alpha value is -2.05. The maximum absolute atomic E-state index is 9.22. The third kappa shape index (κ3) is 3.01. The Morgan fingerprint density at radius 1 is 1.14 bits per heavy atom. The number of hydrogen-bond donors (Lipinski definition) is 1. The lowest BCUT2D eigenvalue weighted by molar-refractivity contribution is 0.328. The van der Waals surface area contributed by atoms with Gasteiger partial charge in [0.2, 0.25) is 0 Å². The molecule has 3 heteroatoms. The lowest BCUT2D eigenvalue weighted by Crippen LogP contribution is -2.33. The highest BCUT2D eigenvalue weighted by molar-refractivity contribution is 5.97. The van der Waals surface area contributed by atoms with E-state index in [1.807, 2.05) is 30.3 Å². The molecule has 1 unspecified atom stereocenters. The van der Waals surface area contributed by atoms with Crippen LogP contribution in [0.15, 0.2) is 36.4 Å². The summed E-state index contributed by atoms with van der Waals surface area (Å²) in [4.78, 5) is 2.52. The predicted octanol–water partition coefficient (Wildman–Crippen LogP) is 3.61. The maximum Gasteiger partial charge on any atom is 0.0998 e. The Kier molecular flexibility index (Phi) is 4.08. The monoisotopic (exact) mass is 279 g/mol. The molecule has 1 heterocycles. The topological polar surface area (TPSA) is 39.1 Å². The number of likely N-dealkylation sites (tertiary alicyclic amines) is 1. The summed E-state index contributed by atoms with van der Waals surface area (Å²) in [6.45, 7) is 5.75. The fraction of sp³-hybridized carbons (Fsp3) is 0.389. The Labute approximate surface area is 126 Å². The van der Waals surface area contributed by atoms with E-state index >= 15 is 0 Å². The first-order valence-electron chi connectivity index (χ1n) is 7.68. The van der Waals surface area contributed by atoms with Crippen molar-refractivity contribution >= 4 is 16.5 Å². The molecule has 0 bridgehead atoms. The van der Waals surface area contributed by atoms with E-state index in [2.05, 4.69) is 29.3 Å². The number of nitrogens with zero attached hydrogens (tertiary/aromatic N) is 2. The van der Waals surface area contributed by atoms with Gasteiger partial charge in [-0.15, -0.1) is 0 Å². The second-order valence-electron chi connectivity index (χ2n) is 5.87. The lowest BCUT2D eigenvalue weighted by atomic mass is 10.0. The summed E-state index contributed by atoms with van der Waals surface area (Å²) in [7, 11) is 0. The first-order valence-corrected chi connectivity index (χ1v) is 7.68. The minimum atomic E-state index is 0.402. The summed E-state index contributed by atoms with van der Waals surface area (Å²) in [5.41, 5.74) is 1.86. The van der Waals surface area contributed by atoms with Crippen molar-refractivity contribution in [3.8, 4) is 6.07 Å². The van der Waals surface area contributed by atoms with Crippen LogP contribution in [-0.2, 0) is 0 Å². The van der Waals surface area contributed by atoms with Crippen LogP contribution in [0, 0.1) is 11.3 Å². The zero-order valence-corrected chi connectivity index (χ0v) is 12.5.